The highest BCUT2D eigenvalue weighted by Gasteiger charge is 2.24. The number of hydrogen-bond donors (Lipinski definition) is 0. The van der Waals surface area contributed by atoms with Crippen LogP contribution in [-0.4, -0.2) is 33.0 Å². The number of carbonyl (C=O) groups is 1. The SMILES string of the molecule is C=CCn1c(SCC(=O)N(CCC#N)c2cc(C)cc(C)c2)nnc1C1CCCCC1. The fourth-order valence-electron chi connectivity index (χ4n) is 4.24. The van der Waals surface area contributed by atoms with Gasteiger partial charge in [-0.25, -0.2) is 0 Å². The zero-order chi connectivity index (χ0) is 22.2. The molecule has 1 aliphatic carbocycles. The number of nitrogens with zero attached hydrogens (tertiary/aromatic N) is 5. The number of amides is 1. The Labute approximate surface area is 189 Å². The highest BCUT2D eigenvalue weighted by atomic mass is 32.2. The van der Waals surface area contributed by atoms with Crippen LogP contribution in [0.2, 0.25) is 0 Å². The van der Waals surface area contributed by atoms with Gasteiger partial charge in [-0.15, -0.1) is 16.8 Å². The van der Waals surface area contributed by atoms with E-state index in [0.29, 0.717) is 25.4 Å². The monoisotopic (exact) mass is 437 g/mol. The van der Waals surface area contributed by atoms with Gasteiger partial charge in [0.15, 0.2) is 5.16 Å². The minimum absolute atomic E-state index is 0.0300. The molecule has 7 heteroatoms. The van der Waals surface area contributed by atoms with E-state index in [0.717, 1.165) is 40.6 Å². The summed E-state index contributed by atoms with van der Waals surface area (Å²) in [6.45, 7) is 8.94. The molecule has 1 aromatic carbocycles. The van der Waals surface area contributed by atoms with Crippen LogP contribution in [0.3, 0.4) is 0 Å². The molecular weight excluding hydrogens is 406 g/mol. The first-order chi connectivity index (χ1) is 15.0. The van der Waals surface area contributed by atoms with Gasteiger partial charge in [0.2, 0.25) is 5.91 Å². The van der Waals surface area contributed by atoms with Gasteiger partial charge in [-0.3, -0.25) is 4.79 Å². The summed E-state index contributed by atoms with van der Waals surface area (Å²) < 4.78 is 2.11. The second-order valence-electron chi connectivity index (χ2n) is 8.16. The van der Waals surface area contributed by atoms with E-state index in [4.69, 9.17) is 5.26 Å². The number of thioether (sulfide) groups is 1. The lowest BCUT2D eigenvalue weighted by Gasteiger charge is -2.23. The Bertz CT molecular complexity index is 935. The number of carbonyl (C=O) groups excluding carboxylic acids is 1. The number of anilines is 1. The summed E-state index contributed by atoms with van der Waals surface area (Å²) in [4.78, 5) is 14.9. The molecule has 31 heavy (non-hydrogen) atoms. The average molecular weight is 438 g/mol. The third-order valence-corrected chi connectivity index (χ3v) is 6.57. The lowest BCUT2D eigenvalue weighted by molar-refractivity contribution is -0.116. The molecule has 0 unspecified atom stereocenters. The van der Waals surface area contributed by atoms with Crippen LogP contribution in [0.1, 0.15) is 61.4 Å². The molecule has 0 N–H and O–H groups in total. The first kappa shape index (κ1) is 23.1. The number of aryl methyl sites for hydroxylation is 2. The van der Waals surface area contributed by atoms with E-state index in [1.165, 1.54) is 31.0 Å². The van der Waals surface area contributed by atoms with Gasteiger partial charge in [0.1, 0.15) is 5.82 Å². The minimum Gasteiger partial charge on any atom is -0.311 e. The second-order valence-corrected chi connectivity index (χ2v) is 9.11. The molecule has 0 atom stereocenters. The summed E-state index contributed by atoms with van der Waals surface area (Å²) in [5, 5.41) is 18.7. The van der Waals surface area contributed by atoms with Gasteiger partial charge in [0.05, 0.1) is 18.2 Å². The third-order valence-electron chi connectivity index (χ3n) is 5.62. The maximum atomic E-state index is 13.1. The van der Waals surface area contributed by atoms with Gasteiger partial charge in [0.25, 0.3) is 0 Å². The number of rotatable bonds is 9. The lowest BCUT2D eigenvalue weighted by atomic mass is 9.89. The lowest BCUT2D eigenvalue weighted by Crippen LogP contribution is -2.33. The number of hydrogen-bond acceptors (Lipinski definition) is 5. The van der Waals surface area contributed by atoms with Crippen molar-refractivity contribution in [2.24, 2.45) is 0 Å². The predicted molar refractivity (Wildman–Crippen MR) is 125 cm³/mol. The van der Waals surface area contributed by atoms with Crippen LogP contribution >= 0.6 is 11.8 Å². The molecule has 6 nitrogen and oxygen atoms in total. The topological polar surface area (TPSA) is 74.8 Å². The smallest absolute Gasteiger partial charge is 0.237 e. The Morgan fingerprint density at radius 3 is 2.61 bits per heavy atom. The zero-order valence-electron chi connectivity index (χ0n) is 18.5. The first-order valence-corrected chi connectivity index (χ1v) is 11.9. The van der Waals surface area contributed by atoms with Crippen molar-refractivity contribution in [3.05, 3.63) is 47.8 Å². The summed E-state index contributed by atoms with van der Waals surface area (Å²) in [5.41, 5.74) is 3.04. The molecule has 0 aliphatic heterocycles. The molecule has 1 amide bonds. The molecule has 1 saturated carbocycles. The van der Waals surface area contributed by atoms with Gasteiger partial charge >= 0.3 is 0 Å². The normalized spacial score (nSPS) is 14.2. The molecule has 0 radical (unpaired) electrons. The van der Waals surface area contributed by atoms with Crippen molar-refractivity contribution in [1.82, 2.24) is 14.8 Å². The third kappa shape index (κ3) is 5.98. The largest absolute Gasteiger partial charge is 0.311 e. The summed E-state index contributed by atoms with van der Waals surface area (Å²) in [6.07, 6.45) is 8.20. The number of aromatic nitrogens is 3. The van der Waals surface area contributed by atoms with Gasteiger partial charge < -0.3 is 9.47 Å². The quantitative estimate of drug-likeness (QED) is 0.400. The Hall–Kier alpha value is -2.59. The van der Waals surface area contributed by atoms with Crippen molar-refractivity contribution in [3.8, 4) is 6.07 Å². The van der Waals surface area contributed by atoms with Crippen LogP contribution < -0.4 is 4.90 Å². The first-order valence-electron chi connectivity index (χ1n) is 11.0. The fraction of sp³-hybridized carbons (Fsp3) is 0.500. The summed E-state index contributed by atoms with van der Waals surface area (Å²) in [6, 6.07) is 8.22. The maximum Gasteiger partial charge on any atom is 0.237 e. The van der Waals surface area contributed by atoms with Crippen LogP contribution in [0.5, 0.6) is 0 Å². The minimum atomic E-state index is -0.0300. The van der Waals surface area contributed by atoms with Gasteiger partial charge in [0, 0.05) is 24.7 Å². The van der Waals surface area contributed by atoms with Crippen LogP contribution in [0, 0.1) is 25.2 Å². The molecule has 0 bridgehead atoms. The highest BCUT2D eigenvalue weighted by molar-refractivity contribution is 7.99. The fourth-order valence-corrected chi connectivity index (χ4v) is 5.07. The van der Waals surface area contributed by atoms with Crippen LogP contribution in [-0.2, 0) is 11.3 Å². The van der Waals surface area contributed by atoms with Crippen molar-refractivity contribution < 1.29 is 4.79 Å². The molecule has 164 valence electrons. The van der Waals surface area contributed by atoms with E-state index in [1.54, 1.807) is 4.90 Å². The zero-order valence-corrected chi connectivity index (χ0v) is 19.3. The van der Waals surface area contributed by atoms with Crippen molar-refractivity contribution in [2.45, 2.75) is 70.0 Å². The van der Waals surface area contributed by atoms with E-state index >= 15 is 0 Å². The van der Waals surface area contributed by atoms with Crippen LogP contribution in [0.25, 0.3) is 0 Å². The summed E-state index contributed by atoms with van der Waals surface area (Å²) in [5.74, 6) is 1.68. The number of allylic oxidation sites excluding steroid dienone is 1. The second kappa shape index (κ2) is 11.1. The highest BCUT2D eigenvalue weighted by Crippen LogP contribution is 2.33. The molecule has 0 spiro atoms. The predicted octanol–water partition coefficient (Wildman–Crippen LogP) is 5.17. The Balaban J connectivity index is 1.76. The molecular formula is C24H31N5OS. The summed E-state index contributed by atoms with van der Waals surface area (Å²) >= 11 is 1.41. The van der Waals surface area contributed by atoms with Gasteiger partial charge in [-0.05, 0) is 49.9 Å². The van der Waals surface area contributed by atoms with Gasteiger partial charge in [-0.2, -0.15) is 5.26 Å². The Morgan fingerprint density at radius 1 is 1.26 bits per heavy atom. The maximum absolute atomic E-state index is 13.1. The summed E-state index contributed by atoms with van der Waals surface area (Å²) in [7, 11) is 0. The van der Waals surface area contributed by atoms with Crippen molar-refractivity contribution in [3.63, 3.8) is 0 Å². The van der Waals surface area contributed by atoms with E-state index in [2.05, 4.69) is 33.5 Å². The number of nitriles is 1. The van der Waals surface area contributed by atoms with Gasteiger partial charge in [-0.1, -0.05) is 43.2 Å². The van der Waals surface area contributed by atoms with Crippen molar-refractivity contribution >= 4 is 23.4 Å². The van der Waals surface area contributed by atoms with Crippen LogP contribution in [0.4, 0.5) is 5.69 Å². The molecule has 0 saturated heterocycles. The standard InChI is InChI=1S/C24H31N5OS/c1-4-12-29-23(20-9-6-5-7-10-20)26-27-24(29)31-17-22(30)28(13-8-11-25)21-15-18(2)14-19(3)16-21/h4,14-16,20H,1,5-10,12-13,17H2,2-3H3. The Kier molecular flexibility index (Phi) is 8.30. The molecule has 1 aromatic heterocycles. The molecule has 3 rings (SSSR count). The van der Waals surface area contributed by atoms with Crippen molar-refractivity contribution in [2.75, 3.05) is 17.2 Å². The van der Waals surface area contributed by atoms with Crippen molar-refractivity contribution in [1.29, 1.82) is 5.26 Å². The average Bonchev–Trinajstić information content (AvgIpc) is 3.15. The van der Waals surface area contributed by atoms with E-state index in [9.17, 15) is 4.79 Å². The molecule has 1 fully saturated rings. The van der Waals surface area contributed by atoms with E-state index in [-0.39, 0.29) is 11.7 Å². The van der Waals surface area contributed by atoms with E-state index < -0.39 is 0 Å². The molecule has 2 aromatic rings. The molecule has 1 aliphatic rings. The van der Waals surface area contributed by atoms with E-state index in [1.807, 2.05) is 32.1 Å². The molecule has 1 heterocycles. The van der Waals surface area contributed by atoms with Crippen LogP contribution in [0.15, 0.2) is 36.0 Å². The Morgan fingerprint density at radius 2 is 1.97 bits per heavy atom. The number of benzene rings is 1.